The fourth-order valence-corrected chi connectivity index (χ4v) is 2.84. The molecule has 1 aliphatic rings. The summed E-state index contributed by atoms with van der Waals surface area (Å²) in [5.74, 6) is 0.536. The van der Waals surface area contributed by atoms with E-state index >= 15 is 0 Å². The summed E-state index contributed by atoms with van der Waals surface area (Å²) in [6.45, 7) is 3.17. The summed E-state index contributed by atoms with van der Waals surface area (Å²) >= 11 is 0. The molecule has 0 bridgehead atoms. The predicted molar refractivity (Wildman–Crippen MR) is 77.4 cm³/mol. The van der Waals surface area contributed by atoms with E-state index in [-0.39, 0.29) is 5.56 Å². The number of carboxylic acids is 1. The van der Waals surface area contributed by atoms with E-state index in [1.54, 1.807) is 12.1 Å². The van der Waals surface area contributed by atoms with E-state index in [0.717, 1.165) is 18.2 Å². The maximum Gasteiger partial charge on any atom is 0.335 e. The van der Waals surface area contributed by atoms with Crippen LogP contribution in [-0.4, -0.2) is 17.6 Å². The first-order valence-electron chi connectivity index (χ1n) is 6.93. The Balaban J connectivity index is 1.98. The quantitative estimate of drug-likeness (QED) is 0.728. The van der Waals surface area contributed by atoms with Crippen molar-refractivity contribution < 1.29 is 9.90 Å². The Hall–Kier alpha value is -1.71. The summed E-state index contributed by atoms with van der Waals surface area (Å²) in [5, 5.41) is 12.3. The van der Waals surface area contributed by atoms with E-state index in [9.17, 15) is 4.79 Å². The van der Waals surface area contributed by atoms with E-state index in [0.29, 0.717) is 11.6 Å². The van der Waals surface area contributed by atoms with Gasteiger partial charge >= 0.3 is 5.97 Å². The van der Waals surface area contributed by atoms with E-state index < -0.39 is 5.97 Å². The number of nitrogens with one attached hydrogen (secondary N) is 1. The molecule has 19 heavy (non-hydrogen) atoms. The van der Waals surface area contributed by atoms with Crippen LogP contribution in [-0.2, 0) is 0 Å². The van der Waals surface area contributed by atoms with Crippen LogP contribution in [0.2, 0.25) is 0 Å². The second-order valence-electron chi connectivity index (χ2n) is 5.63. The second-order valence-corrected chi connectivity index (χ2v) is 5.63. The Morgan fingerprint density at radius 1 is 1.47 bits per heavy atom. The minimum Gasteiger partial charge on any atom is -0.478 e. The van der Waals surface area contributed by atoms with Crippen LogP contribution < -0.4 is 11.1 Å². The van der Waals surface area contributed by atoms with Crippen molar-refractivity contribution in [2.45, 2.75) is 32.6 Å². The monoisotopic (exact) mass is 262 g/mol. The van der Waals surface area contributed by atoms with Crippen LogP contribution in [0.1, 0.15) is 43.0 Å². The average Bonchev–Trinajstić information content (AvgIpc) is 2.37. The zero-order chi connectivity index (χ0) is 13.8. The second kappa shape index (κ2) is 5.95. The SMILES string of the molecule is CC1CCCC(CNc2cc(C(=O)O)ccc2N)C1. The number of benzene rings is 1. The molecule has 0 saturated heterocycles. The molecule has 1 aromatic carbocycles. The molecule has 104 valence electrons. The molecule has 1 aromatic rings. The van der Waals surface area contributed by atoms with Crippen LogP contribution >= 0.6 is 0 Å². The highest BCUT2D eigenvalue weighted by Crippen LogP contribution is 2.29. The molecule has 0 aromatic heterocycles. The number of carbonyl (C=O) groups is 1. The smallest absolute Gasteiger partial charge is 0.335 e. The third kappa shape index (κ3) is 3.63. The molecule has 1 fully saturated rings. The summed E-state index contributed by atoms with van der Waals surface area (Å²) in [6, 6.07) is 4.80. The van der Waals surface area contributed by atoms with Crippen molar-refractivity contribution in [3.8, 4) is 0 Å². The van der Waals surface area contributed by atoms with Crippen molar-refractivity contribution in [3.63, 3.8) is 0 Å². The van der Waals surface area contributed by atoms with Gasteiger partial charge in [0.25, 0.3) is 0 Å². The number of aromatic carboxylic acids is 1. The first kappa shape index (κ1) is 13.7. The number of hydrogen-bond donors (Lipinski definition) is 3. The molecule has 4 nitrogen and oxygen atoms in total. The molecule has 0 aliphatic heterocycles. The lowest BCUT2D eigenvalue weighted by molar-refractivity contribution is 0.0697. The van der Waals surface area contributed by atoms with Crippen molar-refractivity contribution in [1.82, 2.24) is 0 Å². The van der Waals surface area contributed by atoms with Gasteiger partial charge in [0.05, 0.1) is 16.9 Å². The van der Waals surface area contributed by atoms with Gasteiger partial charge < -0.3 is 16.2 Å². The van der Waals surface area contributed by atoms with E-state index in [2.05, 4.69) is 12.2 Å². The van der Waals surface area contributed by atoms with Gasteiger partial charge in [-0.25, -0.2) is 4.79 Å². The first-order valence-corrected chi connectivity index (χ1v) is 6.93. The van der Waals surface area contributed by atoms with Crippen molar-refractivity contribution in [3.05, 3.63) is 23.8 Å². The summed E-state index contributed by atoms with van der Waals surface area (Å²) in [5.41, 5.74) is 7.49. The highest BCUT2D eigenvalue weighted by Gasteiger charge is 2.18. The van der Waals surface area contributed by atoms with Gasteiger partial charge in [-0.1, -0.05) is 19.8 Å². The van der Waals surface area contributed by atoms with E-state index in [1.807, 2.05) is 0 Å². The molecular formula is C15H22N2O2. The zero-order valence-corrected chi connectivity index (χ0v) is 11.4. The van der Waals surface area contributed by atoms with Gasteiger partial charge in [-0.15, -0.1) is 0 Å². The normalized spacial score (nSPS) is 23.0. The van der Waals surface area contributed by atoms with Crippen molar-refractivity contribution in [1.29, 1.82) is 0 Å². The van der Waals surface area contributed by atoms with Crippen LogP contribution in [0.15, 0.2) is 18.2 Å². The van der Waals surface area contributed by atoms with Gasteiger partial charge in [0, 0.05) is 6.54 Å². The van der Waals surface area contributed by atoms with Crippen LogP contribution in [0.4, 0.5) is 11.4 Å². The summed E-state index contributed by atoms with van der Waals surface area (Å²) in [4.78, 5) is 10.9. The lowest BCUT2D eigenvalue weighted by atomic mass is 9.82. The number of hydrogen-bond acceptors (Lipinski definition) is 3. The highest BCUT2D eigenvalue weighted by atomic mass is 16.4. The maximum absolute atomic E-state index is 10.9. The number of nitrogen functional groups attached to an aromatic ring is 1. The minimum absolute atomic E-state index is 0.272. The topological polar surface area (TPSA) is 75.3 Å². The Bertz CT molecular complexity index is 459. The number of carboxylic acid groups (broad SMARTS) is 1. The molecule has 4 N–H and O–H groups in total. The summed E-state index contributed by atoms with van der Waals surface area (Å²) < 4.78 is 0. The predicted octanol–water partition coefficient (Wildman–Crippen LogP) is 3.21. The fraction of sp³-hybridized carbons (Fsp3) is 0.533. The third-order valence-electron chi connectivity index (χ3n) is 3.93. The Labute approximate surface area is 114 Å². The number of nitrogens with two attached hydrogens (primary N) is 1. The van der Waals surface area contributed by atoms with Gasteiger partial charge in [0.2, 0.25) is 0 Å². The van der Waals surface area contributed by atoms with E-state index in [4.69, 9.17) is 10.8 Å². The molecule has 0 spiro atoms. The Morgan fingerprint density at radius 3 is 2.95 bits per heavy atom. The van der Waals surface area contributed by atoms with Gasteiger partial charge in [-0.05, 0) is 42.9 Å². The summed E-state index contributed by atoms with van der Waals surface area (Å²) in [6.07, 6.45) is 5.10. The number of anilines is 2. The first-order chi connectivity index (χ1) is 9.06. The standard InChI is InChI=1S/C15H22N2O2/c1-10-3-2-4-11(7-10)9-17-14-8-12(15(18)19)5-6-13(14)16/h5-6,8,10-11,17H,2-4,7,9,16H2,1H3,(H,18,19). The minimum atomic E-state index is -0.922. The molecule has 0 heterocycles. The fourth-order valence-electron chi connectivity index (χ4n) is 2.84. The zero-order valence-electron chi connectivity index (χ0n) is 11.4. The van der Waals surface area contributed by atoms with Crippen LogP contribution in [0.5, 0.6) is 0 Å². The van der Waals surface area contributed by atoms with Crippen LogP contribution in [0.3, 0.4) is 0 Å². The van der Waals surface area contributed by atoms with Gasteiger partial charge in [0.15, 0.2) is 0 Å². The average molecular weight is 262 g/mol. The summed E-state index contributed by atoms with van der Waals surface area (Å²) in [7, 11) is 0. The van der Waals surface area contributed by atoms with Crippen molar-refractivity contribution in [2.75, 3.05) is 17.6 Å². The molecule has 2 unspecified atom stereocenters. The van der Waals surface area contributed by atoms with Gasteiger partial charge in [-0.3, -0.25) is 0 Å². The molecular weight excluding hydrogens is 240 g/mol. The Morgan fingerprint density at radius 2 is 2.26 bits per heavy atom. The third-order valence-corrected chi connectivity index (χ3v) is 3.93. The lowest BCUT2D eigenvalue weighted by Crippen LogP contribution is -2.21. The highest BCUT2D eigenvalue weighted by molar-refractivity contribution is 5.90. The van der Waals surface area contributed by atoms with Gasteiger partial charge in [-0.2, -0.15) is 0 Å². The largest absolute Gasteiger partial charge is 0.478 e. The molecule has 2 rings (SSSR count). The maximum atomic E-state index is 10.9. The van der Waals surface area contributed by atoms with Crippen LogP contribution in [0.25, 0.3) is 0 Å². The lowest BCUT2D eigenvalue weighted by Gasteiger charge is -2.27. The molecule has 2 atom stereocenters. The Kier molecular flexibility index (Phi) is 4.30. The molecule has 0 radical (unpaired) electrons. The molecule has 1 aliphatic carbocycles. The van der Waals surface area contributed by atoms with Crippen molar-refractivity contribution in [2.24, 2.45) is 11.8 Å². The van der Waals surface area contributed by atoms with Gasteiger partial charge in [0.1, 0.15) is 0 Å². The molecule has 1 saturated carbocycles. The van der Waals surface area contributed by atoms with E-state index in [1.165, 1.54) is 31.7 Å². The van der Waals surface area contributed by atoms with Crippen molar-refractivity contribution >= 4 is 17.3 Å². The molecule has 4 heteroatoms. The van der Waals surface area contributed by atoms with Crippen LogP contribution in [0, 0.1) is 11.8 Å². The molecule has 0 amide bonds. The number of rotatable bonds is 4.